The molecule has 1 aliphatic rings. The first kappa shape index (κ1) is 19.3. The van der Waals surface area contributed by atoms with Crippen molar-refractivity contribution in [1.29, 1.82) is 0 Å². The maximum atomic E-state index is 12.6. The number of halogens is 1. The van der Waals surface area contributed by atoms with Crippen LogP contribution < -0.4 is 10.6 Å². The predicted octanol–water partition coefficient (Wildman–Crippen LogP) is 1.45. The minimum Gasteiger partial charge on any atom is -0.378 e. The Balaban J connectivity index is 1.71. The van der Waals surface area contributed by atoms with Gasteiger partial charge >= 0.3 is 0 Å². The normalized spacial score (nSPS) is 15.4. The molecule has 27 heavy (non-hydrogen) atoms. The van der Waals surface area contributed by atoms with E-state index in [0.29, 0.717) is 42.6 Å². The number of benzene rings is 1. The summed E-state index contributed by atoms with van der Waals surface area (Å²) in [6.07, 6.45) is 3.41. The quantitative estimate of drug-likeness (QED) is 0.805. The van der Waals surface area contributed by atoms with Gasteiger partial charge in [-0.1, -0.05) is 11.6 Å². The van der Waals surface area contributed by atoms with Crippen molar-refractivity contribution in [1.82, 2.24) is 20.0 Å². The molecule has 1 aromatic heterocycles. The Hall–Kier alpha value is -2.42. The summed E-state index contributed by atoms with van der Waals surface area (Å²) in [7, 11) is 3.49. The number of likely N-dealkylation sites (N-methyl/N-ethyl adjacent to an activating group) is 1. The second-order valence-corrected chi connectivity index (χ2v) is 6.66. The molecule has 0 spiro atoms. The molecule has 2 aromatic rings. The van der Waals surface area contributed by atoms with Crippen LogP contribution in [0, 0.1) is 0 Å². The van der Waals surface area contributed by atoms with E-state index in [1.807, 2.05) is 0 Å². The molecule has 1 saturated heterocycles. The summed E-state index contributed by atoms with van der Waals surface area (Å²) in [5.41, 5.74) is 1.68. The molecule has 0 aliphatic carbocycles. The van der Waals surface area contributed by atoms with Crippen molar-refractivity contribution < 1.29 is 14.3 Å². The van der Waals surface area contributed by atoms with Crippen LogP contribution in [0.15, 0.2) is 30.6 Å². The van der Waals surface area contributed by atoms with Gasteiger partial charge in [-0.3, -0.25) is 14.3 Å². The van der Waals surface area contributed by atoms with Crippen molar-refractivity contribution in [2.24, 2.45) is 7.05 Å². The molecule has 8 nitrogen and oxygen atoms in total. The Morgan fingerprint density at radius 3 is 2.63 bits per heavy atom. The highest BCUT2D eigenvalue weighted by Crippen LogP contribution is 2.24. The van der Waals surface area contributed by atoms with Gasteiger partial charge in [0.15, 0.2) is 0 Å². The Morgan fingerprint density at radius 2 is 2.04 bits per heavy atom. The number of hydrogen-bond donors (Lipinski definition) is 2. The van der Waals surface area contributed by atoms with Crippen molar-refractivity contribution in [3.05, 3.63) is 46.7 Å². The molecule has 3 rings (SSSR count). The van der Waals surface area contributed by atoms with Gasteiger partial charge in [-0.2, -0.15) is 5.10 Å². The molecule has 0 saturated carbocycles. The van der Waals surface area contributed by atoms with E-state index in [1.54, 1.807) is 54.3 Å². The van der Waals surface area contributed by atoms with E-state index >= 15 is 0 Å². The van der Waals surface area contributed by atoms with Crippen LogP contribution in [0.4, 0.5) is 5.69 Å². The van der Waals surface area contributed by atoms with E-state index in [1.165, 1.54) is 0 Å². The fourth-order valence-corrected chi connectivity index (χ4v) is 3.22. The second kappa shape index (κ2) is 8.51. The average molecular weight is 392 g/mol. The highest BCUT2D eigenvalue weighted by molar-refractivity contribution is 6.34. The van der Waals surface area contributed by atoms with Gasteiger partial charge in [-0.05, 0) is 25.2 Å². The molecule has 9 heteroatoms. The highest BCUT2D eigenvalue weighted by atomic mass is 35.5. The zero-order chi connectivity index (χ0) is 19.4. The third-order valence-corrected chi connectivity index (χ3v) is 4.69. The fraction of sp³-hybridized carbons (Fsp3) is 0.389. The number of nitrogens with one attached hydrogen (secondary N) is 2. The first-order valence-electron chi connectivity index (χ1n) is 8.63. The molecule has 2 heterocycles. The molecule has 144 valence electrons. The number of nitrogens with zero attached hydrogens (tertiary/aromatic N) is 3. The number of anilines is 1. The number of carbonyl (C=O) groups excluding carboxylic acids is 2. The van der Waals surface area contributed by atoms with Gasteiger partial charge in [0.05, 0.1) is 30.0 Å². The number of hydrogen-bond acceptors (Lipinski definition) is 5. The third-order valence-electron chi connectivity index (χ3n) is 4.37. The molecule has 2 N–H and O–H groups in total. The Morgan fingerprint density at radius 1 is 1.30 bits per heavy atom. The van der Waals surface area contributed by atoms with Gasteiger partial charge in [-0.15, -0.1) is 0 Å². The van der Waals surface area contributed by atoms with Crippen LogP contribution in [0.25, 0.3) is 0 Å². The van der Waals surface area contributed by atoms with Crippen LogP contribution >= 0.6 is 11.6 Å². The van der Waals surface area contributed by atoms with E-state index in [4.69, 9.17) is 16.3 Å². The topological polar surface area (TPSA) is 88.5 Å². The number of aryl methyl sites for hydroxylation is 1. The van der Waals surface area contributed by atoms with Gasteiger partial charge < -0.3 is 20.3 Å². The molecular weight excluding hydrogens is 370 g/mol. The molecule has 1 atom stereocenters. The van der Waals surface area contributed by atoms with E-state index in [9.17, 15) is 9.59 Å². The van der Waals surface area contributed by atoms with Crippen LogP contribution in [0.3, 0.4) is 0 Å². The summed E-state index contributed by atoms with van der Waals surface area (Å²) in [6.45, 7) is 2.14. The second-order valence-electron chi connectivity index (χ2n) is 6.26. The Bertz CT molecular complexity index is 832. The number of aromatic nitrogens is 2. The molecule has 0 radical (unpaired) electrons. The summed E-state index contributed by atoms with van der Waals surface area (Å²) in [5, 5.41) is 10.2. The maximum Gasteiger partial charge on any atom is 0.255 e. The fourth-order valence-electron chi connectivity index (χ4n) is 2.96. The zero-order valence-electron chi connectivity index (χ0n) is 15.2. The highest BCUT2D eigenvalue weighted by Gasteiger charge is 2.23. The maximum absolute atomic E-state index is 12.6. The standard InChI is InChI=1S/C18H22ClN5O3/c1-20-16(12-10-21-23(2)11-12)17(25)22-13-3-4-14(15(19)9-13)18(26)24-5-7-27-8-6-24/h3-4,9-11,16,20H,5-8H2,1-2H3,(H,22,25). The summed E-state index contributed by atoms with van der Waals surface area (Å²) in [5.74, 6) is -0.376. The average Bonchev–Trinajstić information content (AvgIpc) is 3.08. The predicted molar refractivity (Wildman–Crippen MR) is 102 cm³/mol. The summed E-state index contributed by atoms with van der Waals surface area (Å²) in [4.78, 5) is 26.9. The van der Waals surface area contributed by atoms with Crippen molar-refractivity contribution in [3.8, 4) is 0 Å². The van der Waals surface area contributed by atoms with Gasteiger partial charge in [0.25, 0.3) is 5.91 Å². The van der Waals surface area contributed by atoms with Crippen molar-refractivity contribution in [2.45, 2.75) is 6.04 Å². The van der Waals surface area contributed by atoms with Crippen LogP contribution in [0.2, 0.25) is 5.02 Å². The van der Waals surface area contributed by atoms with Crippen molar-refractivity contribution in [2.75, 3.05) is 38.7 Å². The monoisotopic (exact) mass is 391 g/mol. The lowest BCUT2D eigenvalue weighted by atomic mass is 10.1. The SMILES string of the molecule is CNC(C(=O)Nc1ccc(C(=O)N2CCOCC2)c(Cl)c1)c1cnn(C)c1. The Labute approximate surface area is 162 Å². The van der Waals surface area contributed by atoms with E-state index in [2.05, 4.69) is 15.7 Å². The summed E-state index contributed by atoms with van der Waals surface area (Å²) < 4.78 is 6.90. The summed E-state index contributed by atoms with van der Waals surface area (Å²) >= 11 is 6.30. The first-order chi connectivity index (χ1) is 13.0. The molecular formula is C18H22ClN5O3. The van der Waals surface area contributed by atoms with Crippen molar-refractivity contribution in [3.63, 3.8) is 0 Å². The minimum atomic E-state index is -0.549. The number of carbonyl (C=O) groups is 2. The third kappa shape index (κ3) is 4.47. The molecule has 0 bridgehead atoms. The smallest absolute Gasteiger partial charge is 0.255 e. The molecule has 1 aliphatic heterocycles. The van der Waals surface area contributed by atoms with Crippen molar-refractivity contribution >= 4 is 29.1 Å². The van der Waals surface area contributed by atoms with Crippen LogP contribution in [0.5, 0.6) is 0 Å². The Kier molecular flexibility index (Phi) is 6.10. The van der Waals surface area contributed by atoms with Gasteiger partial charge in [0.2, 0.25) is 5.91 Å². The van der Waals surface area contributed by atoms with Crippen LogP contribution in [-0.2, 0) is 16.6 Å². The minimum absolute atomic E-state index is 0.135. The molecule has 2 amide bonds. The zero-order valence-corrected chi connectivity index (χ0v) is 16.0. The number of ether oxygens (including phenoxy) is 1. The largest absolute Gasteiger partial charge is 0.378 e. The summed E-state index contributed by atoms with van der Waals surface area (Å²) in [6, 6.07) is 4.34. The lowest BCUT2D eigenvalue weighted by Crippen LogP contribution is -2.40. The van der Waals surface area contributed by atoms with Crippen LogP contribution in [0.1, 0.15) is 22.0 Å². The molecule has 1 fully saturated rings. The van der Waals surface area contributed by atoms with E-state index < -0.39 is 6.04 Å². The van der Waals surface area contributed by atoms with Gasteiger partial charge in [-0.25, -0.2) is 0 Å². The molecule has 1 unspecified atom stereocenters. The van der Waals surface area contributed by atoms with Gasteiger partial charge in [0.1, 0.15) is 6.04 Å². The number of rotatable bonds is 5. The lowest BCUT2D eigenvalue weighted by molar-refractivity contribution is -0.118. The number of morpholine rings is 1. The van der Waals surface area contributed by atoms with E-state index in [-0.39, 0.29) is 11.8 Å². The lowest BCUT2D eigenvalue weighted by Gasteiger charge is -2.27. The van der Waals surface area contributed by atoms with Crippen LogP contribution in [-0.4, -0.2) is 59.8 Å². The first-order valence-corrected chi connectivity index (χ1v) is 9.00. The van der Waals surface area contributed by atoms with Gasteiger partial charge in [0, 0.05) is 37.6 Å². The molecule has 1 aromatic carbocycles. The number of amides is 2. The van der Waals surface area contributed by atoms with E-state index in [0.717, 1.165) is 5.56 Å².